The Kier molecular flexibility index (Phi) is 8.14. The Balaban J connectivity index is 3.15. The Morgan fingerprint density at radius 2 is 1.62 bits per heavy atom. The summed E-state index contributed by atoms with van der Waals surface area (Å²) in [5, 5.41) is 11.7. The maximum absolute atomic E-state index is 11.4. The fourth-order valence-corrected chi connectivity index (χ4v) is 1.75. The largest absolute Gasteiger partial charge is 0.364 e. The van der Waals surface area contributed by atoms with Gasteiger partial charge in [0.1, 0.15) is 5.71 Å². The zero-order valence-corrected chi connectivity index (χ0v) is 15.8. The highest BCUT2D eigenvalue weighted by Gasteiger charge is 2.10. The monoisotopic (exact) mass is 363 g/mol. The molecule has 0 bridgehead atoms. The first kappa shape index (κ1) is 19.9. The van der Waals surface area contributed by atoms with Crippen LogP contribution in [0.4, 0.5) is 0 Å². The summed E-state index contributed by atoms with van der Waals surface area (Å²) in [6, 6.07) is 7.13. The molecule has 0 aliphatic heterocycles. The quantitative estimate of drug-likeness (QED) is 0.312. The maximum Gasteiger partial charge on any atom is 0.186 e. The molecule has 6 nitrogen and oxygen atoms in total. The number of rotatable bonds is 6. The fraction of sp³-hybridized carbons (Fsp3) is 0.312. The number of hydrazone groups is 2. The number of hydrogen-bond donors (Lipinski definition) is 3. The van der Waals surface area contributed by atoms with Crippen LogP contribution in [0, 0.1) is 0 Å². The van der Waals surface area contributed by atoms with Crippen molar-refractivity contribution in [2.45, 2.75) is 27.2 Å². The van der Waals surface area contributed by atoms with E-state index in [4.69, 9.17) is 24.4 Å². The average Bonchev–Trinajstić information content (AvgIpc) is 2.59. The third kappa shape index (κ3) is 6.13. The molecule has 24 heavy (non-hydrogen) atoms. The highest BCUT2D eigenvalue weighted by atomic mass is 32.1. The van der Waals surface area contributed by atoms with E-state index in [1.165, 1.54) is 6.92 Å². The molecule has 3 N–H and O–H groups in total. The molecule has 0 amide bonds. The Morgan fingerprint density at radius 3 is 2.12 bits per heavy atom. The van der Waals surface area contributed by atoms with Crippen molar-refractivity contribution >= 4 is 51.7 Å². The van der Waals surface area contributed by atoms with E-state index >= 15 is 0 Å². The molecule has 0 spiro atoms. The van der Waals surface area contributed by atoms with Crippen LogP contribution in [0.15, 0.2) is 34.5 Å². The summed E-state index contributed by atoms with van der Waals surface area (Å²) in [7, 11) is 1.70. The lowest BCUT2D eigenvalue weighted by Crippen LogP contribution is -2.31. The molecule has 0 aliphatic rings. The van der Waals surface area contributed by atoms with Crippen LogP contribution in [0.5, 0.6) is 0 Å². The number of nitrogens with zero attached hydrogens (tertiary/aromatic N) is 2. The smallest absolute Gasteiger partial charge is 0.186 e. The molecular weight excluding hydrogens is 342 g/mol. The number of carbonyl (C=O) groups excluding carboxylic acids is 1. The predicted octanol–water partition coefficient (Wildman–Crippen LogP) is 2.39. The van der Waals surface area contributed by atoms with Gasteiger partial charge in [-0.1, -0.05) is 43.4 Å². The second-order valence-electron chi connectivity index (χ2n) is 4.87. The van der Waals surface area contributed by atoms with Gasteiger partial charge in [0.05, 0.1) is 10.7 Å². The number of Topliss-reactive ketones (excluding diaryl/α,β-unsaturated/α-hetero) is 1. The summed E-state index contributed by atoms with van der Waals surface area (Å²) < 4.78 is 0. The van der Waals surface area contributed by atoms with Crippen LogP contribution in [-0.4, -0.2) is 34.4 Å². The number of carbonyl (C=O) groups is 1. The summed E-state index contributed by atoms with van der Waals surface area (Å²) in [5.41, 5.74) is 8.23. The molecule has 0 aliphatic carbocycles. The van der Waals surface area contributed by atoms with E-state index in [-0.39, 0.29) is 5.78 Å². The zero-order valence-electron chi connectivity index (χ0n) is 14.1. The van der Waals surface area contributed by atoms with E-state index < -0.39 is 0 Å². The van der Waals surface area contributed by atoms with Crippen molar-refractivity contribution in [3.05, 3.63) is 35.4 Å². The second-order valence-corrected chi connectivity index (χ2v) is 5.77. The van der Waals surface area contributed by atoms with Crippen molar-refractivity contribution in [3.8, 4) is 0 Å². The SMILES string of the molecule is CCC(=S)NN=C(C)C(=NNC(=S)NC)c1ccc(C(C)=O)cc1. The first-order valence-corrected chi connectivity index (χ1v) is 8.21. The van der Waals surface area contributed by atoms with Gasteiger partial charge >= 0.3 is 0 Å². The van der Waals surface area contributed by atoms with Gasteiger partial charge in [-0.2, -0.15) is 10.2 Å². The maximum atomic E-state index is 11.4. The number of thiocarbonyl (C=S) groups is 2. The molecule has 0 atom stereocenters. The summed E-state index contributed by atoms with van der Waals surface area (Å²) in [6.45, 7) is 5.29. The molecule has 0 aromatic heterocycles. The molecule has 1 aromatic carbocycles. The van der Waals surface area contributed by atoms with Crippen molar-refractivity contribution < 1.29 is 4.79 Å². The normalized spacial score (nSPS) is 11.7. The average molecular weight is 364 g/mol. The van der Waals surface area contributed by atoms with E-state index in [1.54, 1.807) is 19.2 Å². The van der Waals surface area contributed by atoms with Gasteiger partial charge in [-0.3, -0.25) is 15.6 Å². The van der Waals surface area contributed by atoms with Crippen molar-refractivity contribution in [3.63, 3.8) is 0 Å². The number of hydrogen-bond acceptors (Lipinski definition) is 5. The summed E-state index contributed by atoms with van der Waals surface area (Å²) in [6.07, 6.45) is 0.702. The molecule has 0 saturated heterocycles. The zero-order chi connectivity index (χ0) is 18.1. The van der Waals surface area contributed by atoms with Gasteiger partial charge in [-0.15, -0.1) is 0 Å². The Bertz CT molecular complexity index is 680. The van der Waals surface area contributed by atoms with Gasteiger partial charge in [0.25, 0.3) is 0 Å². The molecule has 0 heterocycles. The lowest BCUT2D eigenvalue weighted by Gasteiger charge is -2.09. The topological polar surface area (TPSA) is 77.9 Å². The lowest BCUT2D eigenvalue weighted by molar-refractivity contribution is 0.101. The van der Waals surface area contributed by atoms with Crippen LogP contribution in [0.25, 0.3) is 0 Å². The molecule has 0 radical (unpaired) electrons. The van der Waals surface area contributed by atoms with Crippen molar-refractivity contribution in [1.82, 2.24) is 16.2 Å². The summed E-state index contributed by atoms with van der Waals surface area (Å²) >= 11 is 10.1. The van der Waals surface area contributed by atoms with E-state index in [9.17, 15) is 4.79 Å². The molecule has 8 heteroatoms. The van der Waals surface area contributed by atoms with Gasteiger partial charge in [-0.05, 0) is 32.5 Å². The van der Waals surface area contributed by atoms with Crippen LogP contribution >= 0.6 is 24.4 Å². The van der Waals surface area contributed by atoms with Crippen LogP contribution in [-0.2, 0) is 0 Å². The van der Waals surface area contributed by atoms with Gasteiger partial charge in [0.15, 0.2) is 10.9 Å². The van der Waals surface area contributed by atoms with Crippen molar-refractivity contribution in [2.75, 3.05) is 7.05 Å². The minimum atomic E-state index is 0.00914. The molecule has 1 aromatic rings. The first-order valence-electron chi connectivity index (χ1n) is 7.39. The van der Waals surface area contributed by atoms with Crippen molar-refractivity contribution in [1.29, 1.82) is 0 Å². The van der Waals surface area contributed by atoms with E-state index in [2.05, 4.69) is 26.4 Å². The highest BCUT2D eigenvalue weighted by molar-refractivity contribution is 7.80. The van der Waals surface area contributed by atoms with Gasteiger partial charge in [0, 0.05) is 18.2 Å². The van der Waals surface area contributed by atoms with Gasteiger partial charge in [-0.25, -0.2) is 0 Å². The first-order chi connectivity index (χ1) is 11.4. The van der Waals surface area contributed by atoms with Crippen LogP contribution in [0.3, 0.4) is 0 Å². The van der Waals surface area contributed by atoms with Gasteiger partial charge < -0.3 is 5.32 Å². The van der Waals surface area contributed by atoms with E-state index in [1.807, 2.05) is 26.0 Å². The standard InChI is InChI=1S/C16H21N5OS2/c1-5-14(23)19-18-10(2)15(20-21-16(24)17-4)13-8-6-12(7-9-13)11(3)22/h6-9H,5H2,1-4H3,(H,19,23)(H2,17,21,24). The summed E-state index contributed by atoms with van der Waals surface area (Å²) in [5.74, 6) is 0.00914. The highest BCUT2D eigenvalue weighted by Crippen LogP contribution is 2.08. The van der Waals surface area contributed by atoms with E-state index in [0.29, 0.717) is 33.5 Å². The number of nitrogens with one attached hydrogen (secondary N) is 3. The van der Waals surface area contributed by atoms with Crippen LogP contribution in [0.1, 0.15) is 43.1 Å². The van der Waals surface area contributed by atoms with Crippen LogP contribution < -0.4 is 16.2 Å². The minimum absolute atomic E-state index is 0.00914. The third-order valence-electron chi connectivity index (χ3n) is 3.07. The van der Waals surface area contributed by atoms with Crippen LogP contribution in [0.2, 0.25) is 0 Å². The van der Waals surface area contributed by atoms with E-state index in [0.717, 1.165) is 5.56 Å². The van der Waals surface area contributed by atoms with Gasteiger partial charge in [0.2, 0.25) is 0 Å². The molecule has 128 valence electrons. The second kappa shape index (κ2) is 9.84. The summed E-state index contributed by atoms with van der Waals surface area (Å²) in [4.78, 5) is 12.0. The third-order valence-corrected chi connectivity index (χ3v) is 3.75. The fourth-order valence-electron chi connectivity index (χ4n) is 1.66. The number of benzene rings is 1. The molecular formula is C16H21N5OS2. The Labute approximate surface area is 152 Å². The molecule has 0 saturated carbocycles. The predicted molar refractivity (Wildman–Crippen MR) is 107 cm³/mol. The lowest BCUT2D eigenvalue weighted by atomic mass is 10.0. The molecule has 0 unspecified atom stereocenters. The van der Waals surface area contributed by atoms with Crippen molar-refractivity contribution in [2.24, 2.45) is 10.2 Å². The Hall–Kier alpha value is -2.19. The minimum Gasteiger partial charge on any atom is -0.364 e. The molecule has 1 rings (SSSR count). The molecule has 0 fully saturated rings. The number of ketones is 1. The Morgan fingerprint density at radius 1 is 1.04 bits per heavy atom.